The average molecular weight is 538 g/mol. The van der Waals surface area contributed by atoms with E-state index in [2.05, 4.69) is 11.4 Å². The summed E-state index contributed by atoms with van der Waals surface area (Å²) in [5.74, 6) is -0.293. The van der Waals surface area contributed by atoms with Crippen LogP contribution in [0.3, 0.4) is 0 Å². The second-order valence-corrected chi connectivity index (χ2v) is 10.8. The average Bonchev–Trinajstić information content (AvgIpc) is 2.89. The van der Waals surface area contributed by atoms with E-state index >= 15 is 0 Å². The minimum atomic E-state index is -0.668. The van der Waals surface area contributed by atoms with Crippen LogP contribution in [0.1, 0.15) is 54.4 Å². The van der Waals surface area contributed by atoms with E-state index in [1.54, 1.807) is 23.1 Å². The van der Waals surface area contributed by atoms with Crippen molar-refractivity contribution >= 4 is 35.0 Å². The minimum absolute atomic E-state index is 0.0202. The summed E-state index contributed by atoms with van der Waals surface area (Å²) in [4.78, 5) is 29.5. The molecule has 1 atom stereocenters. The Morgan fingerprint density at radius 1 is 0.892 bits per heavy atom. The zero-order chi connectivity index (χ0) is 26.2. The third-order valence-electron chi connectivity index (χ3n) is 7.05. The van der Waals surface area contributed by atoms with Crippen LogP contribution in [0.15, 0.2) is 72.8 Å². The number of hydrogen-bond acceptors (Lipinski definition) is 2. The van der Waals surface area contributed by atoms with Crippen LogP contribution >= 0.6 is 23.2 Å². The van der Waals surface area contributed by atoms with Crippen molar-refractivity contribution in [2.45, 2.75) is 70.5 Å². The molecule has 6 heteroatoms. The Labute approximate surface area is 230 Å². The Hall–Kier alpha value is -2.82. The highest BCUT2D eigenvalue weighted by Gasteiger charge is 2.32. The molecule has 0 aromatic heterocycles. The number of benzene rings is 3. The first kappa shape index (κ1) is 27.2. The number of nitrogens with one attached hydrogen (secondary N) is 1. The van der Waals surface area contributed by atoms with Gasteiger partial charge in [-0.3, -0.25) is 9.59 Å². The van der Waals surface area contributed by atoms with Crippen molar-refractivity contribution in [3.05, 3.63) is 105 Å². The largest absolute Gasteiger partial charge is 0.352 e. The molecule has 1 saturated carbocycles. The normalized spacial score (nSPS) is 14.7. The summed E-state index contributed by atoms with van der Waals surface area (Å²) in [6, 6.07) is 22.6. The van der Waals surface area contributed by atoms with Gasteiger partial charge in [0, 0.05) is 29.1 Å². The number of carbonyl (C=O) groups excluding carboxylic acids is 2. The standard InChI is InChI=1S/C31H34Cl2N2O2/c1-22-10-8-13-24(18-22)21-35(30(36)20-26-27(32)16-9-17-28(26)33)29(19-23-11-4-2-5-12-23)31(37)34-25-14-6-3-7-15-25/h2,4-5,8-13,16-18,25,29H,3,6-7,14-15,19-21H2,1H3,(H,34,37)/t29-/m1/s1. The summed E-state index contributed by atoms with van der Waals surface area (Å²) in [5.41, 5.74) is 3.66. The highest BCUT2D eigenvalue weighted by atomic mass is 35.5. The lowest BCUT2D eigenvalue weighted by Crippen LogP contribution is -2.53. The highest BCUT2D eigenvalue weighted by Crippen LogP contribution is 2.27. The summed E-state index contributed by atoms with van der Waals surface area (Å²) in [5, 5.41) is 4.17. The molecule has 3 aromatic rings. The summed E-state index contributed by atoms with van der Waals surface area (Å²) in [7, 11) is 0. The van der Waals surface area contributed by atoms with Crippen molar-refractivity contribution in [1.82, 2.24) is 10.2 Å². The van der Waals surface area contributed by atoms with Gasteiger partial charge < -0.3 is 10.2 Å². The van der Waals surface area contributed by atoms with Crippen LogP contribution in [-0.4, -0.2) is 28.8 Å². The monoisotopic (exact) mass is 536 g/mol. The van der Waals surface area contributed by atoms with Gasteiger partial charge in [-0.1, -0.05) is 109 Å². The van der Waals surface area contributed by atoms with Crippen LogP contribution in [-0.2, 0) is 29.0 Å². The van der Waals surface area contributed by atoms with E-state index in [0.717, 1.165) is 42.4 Å². The Morgan fingerprint density at radius 2 is 1.54 bits per heavy atom. The number of aryl methyl sites for hydroxylation is 1. The molecule has 0 saturated heterocycles. The summed E-state index contributed by atoms with van der Waals surface area (Å²) >= 11 is 12.9. The maximum atomic E-state index is 14.0. The first-order valence-corrected chi connectivity index (χ1v) is 13.8. The quantitative estimate of drug-likeness (QED) is 0.322. The van der Waals surface area contributed by atoms with Crippen LogP contribution < -0.4 is 5.32 Å². The number of hydrogen-bond donors (Lipinski definition) is 1. The molecule has 0 aliphatic heterocycles. The molecule has 2 amide bonds. The van der Waals surface area contributed by atoms with Crippen LogP contribution in [0, 0.1) is 6.92 Å². The van der Waals surface area contributed by atoms with Gasteiger partial charge in [0.05, 0.1) is 6.42 Å². The molecule has 1 N–H and O–H groups in total. The van der Waals surface area contributed by atoms with E-state index in [4.69, 9.17) is 23.2 Å². The first-order valence-electron chi connectivity index (χ1n) is 13.0. The number of rotatable bonds is 9. The summed E-state index contributed by atoms with van der Waals surface area (Å²) in [6.45, 7) is 2.34. The topological polar surface area (TPSA) is 49.4 Å². The smallest absolute Gasteiger partial charge is 0.243 e. The molecule has 4 nitrogen and oxygen atoms in total. The van der Waals surface area contributed by atoms with Crippen LogP contribution in [0.25, 0.3) is 0 Å². The number of amides is 2. The third-order valence-corrected chi connectivity index (χ3v) is 7.76. The van der Waals surface area contributed by atoms with E-state index in [9.17, 15) is 9.59 Å². The van der Waals surface area contributed by atoms with E-state index < -0.39 is 6.04 Å². The molecule has 4 rings (SSSR count). The predicted molar refractivity (Wildman–Crippen MR) is 151 cm³/mol. The number of carbonyl (C=O) groups is 2. The second kappa shape index (κ2) is 13.1. The van der Waals surface area contributed by atoms with Crippen LogP contribution in [0.5, 0.6) is 0 Å². The fourth-order valence-corrected chi connectivity index (χ4v) is 5.59. The molecule has 3 aromatic carbocycles. The third kappa shape index (κ3) is 7.59. The van der Waals surface area contributed by atoms with Gasteiger partial charge in [-0.25, -0.2) is 0 Å². The maximum absolute atomic E-state index is 14.0. The van der Waals surface area contributed by atoms with Gasteiger partial charge in [-0.05, 0) is 48.6 Å². The van der Waals surface area contributed by atoms with Crippen molar-refractivity contribution in [2.75, 3.05) is 0 Å². The van der Waals surface area contributed by atoms with Crippen molar-refractivity contribution in [1.29, 1.82) is 0 Å². The molecule has 1 fully saturated rings. The number of halogens is 2. The Morgan fingerprint density at radius 3 is 2.22 bits per heavy atom. The Balaban J connectivity index is 1.68. The van der Waals surface area contributed by atoms with E-state index in [0.29, 0.717) is 28.6 Å². The van der Waals surface area contributed by atoms with Gasteiger partial charge in [0.2, 0.25) is 11.8 Å². The van der Waals surface area contributed by atoms with Gasteiger partial charge in [-0.2, -0.15) is 0 Å². The predicted octanol–water partition coefficient (Wildman–Crippen LogP) is 6.93. The van der Waals surface area contributed by atoms with E-state index in [1.807, 2.05) is 55.5 Å². The summed E-state index contributed by atoms with van der Waals surface area (Å²) in [6.07, 6.45) is 5.84. The van der Waals surface area contributed by atoms with Crippen molar-refractivity contribution in [3.8, 4) is 0 Å². The van der Waals surface area contributed by atoms with Crippen LogP contribution in [0.2, 0.25) is 10.0 Å². The van der Waals surface area contributed by atoms with Gasteiger partial charge in [0.15, 0.2) is 0 Å². The second-order valence-electron chi connectivity index (χ2n) is 9.94. The Kier molecular flexibility index (Phi) is 9.65. The maximum Gasteiger partial charge on any atom is 0.243 e. The minimum Gasteiger partial charge on any atom is -0.352 e. The van der Waals surface area contributed by atoms with Crippen molar-refractivity contribution in [2.24, 2.45) is 0 Å². The molecule has 0 radical (unpaired) electrons. The van der Waals surface area contributed by atoms with Crippen molar-refractivity contribution < 1.29 is 9.59 Å². The lowest BCUT2D eigenvalue weighted by molar-refractivity contribution is -0.141. The molecule has 0 spiro atoms. The SMILES string of the molecule is Cc1cccc(CN(C(=O)Cc2c(Cl)cccc2Cl)[C@H](Cc2ccccc2)C(=O)NC2CCCCC2)c1. The first-order chi connectivity index (χ1) is 17.9. The van der Waals surface area contributed by atoms with Crippen LogP contribution in [0.4, 0.5) is 0 Å². The fraction of sp³-hybridized carbons (Fsp3) is 0.355. The molecule has 0 unspecified atom stereocenters. The zero-order valence-electron chi connectivity index (χ0n) is 21.3. The molecular weight excluding hydrogens is 503 g/mol. The lowest BCUT2D eigenvalue weighted by Gasteiger charge is -2.34. The summed E-state index contributed by atoms with van der Waals surface area (Å²) < 4.78 is 0. The molecule has 0 heterocycles. The van der Waals surface area contributed by atoms with Gasteiger partial charge in [0.1, 0.15) is 6.04 Å². The molecule has 1 aliphatic carbocycles. The fourth-order valence-electron chi connectivity index (χ4n) is 5.06. The Bertz CT molecular complexity index is 1190. The van der Waals surface area contributed by atoms with Crippen molar-refractivity contribution in [3.63, 3.8) is 0 Å². The molecule has 1 aliphatic rings. The van der Waals surface area contributed by atoms with Gasteiger partial charge in [0.25, 0.3) is 0 Å². The molecule has 194 valence electrons. The van der Waals surface area contributed by atoms with Gasteiger partial charge in [-0.15, -0.1) is 0 Å². The number of nitrogens with zero attached hydrogens (tertiary/aromatic N) is 1. The van der Waals surface area contributed by atoms with E-state index in [-0.39, 0.29) is 24.3 Å². The molecule has 0 bridgehead atoms. The van der Waals surface area contributed by atoms with E-state index in [1.165, 1.54) is 6.42 Å². The molecule has 37 heavy (non-hydrogen) atoms. The zero-order valence-corrected chi connectivity index (χ0v) is 22.8. The highest BCUT2D eigenvalue weighted by molar-refractivity contribution is 6.36. The van der Waals surface area contributed by atoms with Gasteiger partial charge >= 0.3 is 0 Å². The lowest BCUT2D eigenvalue weighted by atomic mass is 9.94. The molecular formula is C31H34Cl2N2O2.